The summed E-state index contributed by atoms with van der Waals surface area (Å²) in [5.41, 5.74) is 0.833. The van der Waals surface area contributed by atoms with Crippen LogP contribution in [-0.4, -0.2) is 24.4 Å². The van der Waals surface area contributed by atoms with Crippen LogP contribution in [0.3, 0.4) is 0 Å². The molecule has 0 aliphatic carbocycles. The molecule has 0 saturated heterocycles. The van der Waals surface area contributed by atoms with E-state index < -0.39 is 12.1 Å². The zero-order valence-electron chi connectivity index (χ0n) is 10.4. The third kappa shape index (κ3) is 5.06. The van der Waals surface area contributed by atoms with E-state index in [0.29, 0.717) is 6.61 Å². The molecule has 0 saturated carbocycles. The fourth-order valence-corrected chi connectivity index (χ4v) is 1.87. The highest BCUT2D eigenvalue weighted by Gasteiger charge is 2.14. The maximum atomic E-state index is 11.5. The molecule has 18 heavy (non-hydrogen) atoms. The van der Waals surface area contributed by atoms with Gasteiger partial charge in [0.15, 0.2) is 0 Å². The van der Waals surface area contributed by atoms with E-state index in [1.165, 1.54) is 0 Å². The third-order valence-electron chi connectivity index (χ3n) is 2.46. The van der Waals surface area contributed by atoms with Crippen LogP contribution < -0.4 is 5.32 Å². The van der Waals surface area contributed by atoms with Crippen LogP contribution in [0.25, 0.3) is 0 Å². The summed E-state index contributed by atoms with van der Waals surface area (Å²) in [5.74, 6) is 0. The van der Waals surface area contributed by atoms with E-state index in [1.807, 2.05) is 31.2 Å². The lowest BCUT2D eigenvalue weighted by Crippen LogP contribution is -2.31. The number of rotatable bonds is 6. The minimum absolute atomic E-state index is 0.167. The Morgan fingerprint density at radius 2 is 2.33 bits per heavy atom. The van der Waals surface area contributed by atoms with Crippen LogP contribution >= 0.6 is 15.9 Å². The molecule has 0 aromatic heterocycles. The Labute approximate surface area is 115 Å². The second kappa shape index (κ2) is 8.11. The van der Waals surface area contributed by atoms with Crippen LogP contribution in [0.1, 0.15) is 31.4 Å². The highest BCUT2D eigenvalue weighted by molar-refractivity contribution is 9.10. The number of carbonyl (C=O) groups is 1. The average molecular weight is 316 g/mol. The van der Waals surface area contributed by atoms with Gasteiger partial charge < -0.3 is 15.2 Å². The van der Waals surface area contributed by atoms with Gasteiger partial charge in [0.1, 0.15) is 0 Å². The van der Waals surface area contributed by atoms with Gasteiger partial charge in [0, 0.05) is 4.47 Å². The number of hydrogen-bond acceptors (Lipinski definition) is 3. The lowest BCUT2D eigenvalue weighted by molar-refractivity contribution is 0.134. The highest BCUT2D eigenvalue weighted by atomic mass is 79.9. The third-order valence-corrected chi connectivity index (χ3v) is 2.95. The molecule has 4 nitrogen and oxygen atoms in total. The van der Waals surface area contributed by atoms with Gasteiger partial charge in [0.05, 0.1) is 19.3 Å². The lowest BCUT2D eigenvalue weighted by Gasteiger charge is -2.16. The predicted octanol–water partition coefficient (Wildman–Crippen LogP) is 3.01. The molecule has 1 amide bonds. The molecule has 2 N–H and O–H groups in total. The molecule has 1 rings (SSSR count). The van der Waals surface area contributed by atoms with Crippen LogP contribution in [0.4, 0.5) is 4.79 Å². The molecule has 0 bridgehead atoms. The molecule has 1 unspecified atom stereocenters. The fourth-order valence-electron chi connectivity index (χ4n) is 1.45. The summed E-state index contributed by atoms with van der Waals surface area (Å²) in [5, 5.41) is 11.9. The molecule has 100 valence electrons. The van der Waals surface area contributed by atoms with Crippen LogP contribution in [-0.2, 0) is 4.74 Å². The largest absolute Gasteiger partial charge is 0.450 e. The number of benzene rings is 1. The first kappa shape index (κ1) is 15.0. The van der Waals surface area contributed by atoms with E-state index in [1.54, 1.807) is 0 Å². The van der Waals surface area contributed by atoms with Crippen molar-refractivity contribution in [2.24, 2.45) is 0 Å². The Hall–Kier alpha value is -1.07. The Balaban J connectivity index is 2.54. The van der Waals surface area contributed by atoms with E-state index in [4.69, 9.17) is 4.74 Å². The summed E-state index contributed by atoms with van der Waals surface area (Å²) < 4.78 is 5.90. The van der Waals surface area contributed by atoms with Crippen molar-refractivity contribution in [2.45, 2.75) is 25.8 Å². The molecular formula is C13H18BrNO3. The molecule has 1 aromatic carbocycles. The molecule has 5 heteroatoms. The quantitative estimate of drug-likeness (QED) is 0.793. The number of aliphatic hydroxyl groups is 1. The first-order valence-electron chi connectivity index (χ1n) is 5.97. The Morgan fingerprint density at radius 1 is 1.56 bits per heavy atom. The van der Waals surface area contributed by atoms with Crippen LogP contribution in [0, 0.1) is 0 Å². The molecule has 1 atom stereocenters. The molecule has 0 heterocycles. The normalized spacial score (nSPS) is 11.9. The van der Waals surface area contributed by atoms with E-state index in [0.717, 1.165) is 22.9 Å². The molecule has 0 aliphatic rings. The summed E-state index contributed by atoms with van der Waals surface area (Å²) in [7, 11) is 0. The van der Waals surface area contributed by atoms with Crippen molar-refractivity contribution in [3.63, 3.8) is 0 Å². The predicted molar refractivity (Wildman–Crippen MR) is 73.4 cm³/mol. The van der Waals surface area contributed by atoms with E-state index in [-0.39, 0.29) is 6.61 Å². The van der Waals surface area contributed by atoms with Crippen molar-refractivity contribution >= 4 is 22.0 Å². The van der Waals surface area contributed by atoms with Gasteiger partial charge in [-0.3, -0.25) is 0 Å². The fraction of sp³-hybridized carbons (Fsp3) is 0.462. The van der Waals surface area contributed by atoms with Crippen molar-refractivity contribution in [1.29, 1.82) is 0 Å². The lowest BCUT2D eigenvalue weighted by atomic mass is 10.1. The summed E-state index contributed by atoms with van der Waals surface area (Å²) in [4.78, 5) is 11.5. The van der Waals surface area contributed by atoms with Crippen molar-refractivity contribution in [3.8, 4) is 0 Å². The second-order valence-corrected chi connectivity index (χ2v) is 4.84. The standard InChI is InChI=1S/C13H18BrNO3/c1-2-3-7-18-13(17)15-12(9-16)10-5-4-6-11(14)8-10/h4-6,8,12,16H,2-3,7,9H2,1H3,(H,15,17). The molecule has 1 aromatic rings. The Bertz CT molecular complexity index is 384. The van der Waals surface area contributed by atoms with Crippen LogP contribution in [0.5, 0.6) is 0 Å². The van der Waals surface area contributed by atoms with Gasteiger partial charge in [-0.05, 0) is 24.1 Å². The van der Waals surface area contributed by atoms with Crippen molar-refractivity contribution in [2.75, 3.05) is 13.2 Å². The van der Waals surface area contributed by atoms with Crippen molar-refractivity contribution in [3.05, 3.63) is 34.3 Å². The van der Waals surface area contributed by atoms with Gasteiger partial charge in [0.25, 0.3) is 0 Å². The number of ether oxygens (including phenoxy) is 1. The van der Waals surface area contributed by atoms with Gasteiger partial charge in [-0.1, -0.05) is 41.4 Å². The molecule has 0 radical (unpaired) electrons. The minimum Gasteiger partial charge on any atom is -0.450 e. The first-order valence-corrected chi connectivity index (χ1v) is 6.76. The monoisotopic (exact) mass is 315 g/mol. The van der Waals surface area contributed by atoms with Crippen molar-refractivity contribution in [1.82, 2.24) is 5.32 Å². The maximum Gasteiger partial charge on any atom is 0.407 e. The number of unbranched alkanes of at least 4 members (excludes halogenated alkanes) is 1. The van der Waals surface area contributed by atoms with E-state index >= 15 is 0 Å². The number of amides is 1. The first-order chi connectivity index (χ1) is 8.67. The summed E-state index contributed by atoms with van der Waals surface area (Å²) in [6.07, 6.45) is 1.32. The number of aliphatic hydroxyl groups excluding tert-OH is 1. The number of hydrogen-bond donors (Lipinski definition) is 2. The Morgan fingerprint density at radius 3 is 2.94 bits per heavy atom. The number of carbonyl (C=O) groups excluding carboxylic acids is 1. The summed E-state index contributed by atoms with van der Waals surface area (Å²) in [6.45, 7) is 2.26. The number of halogens is 1. The topological polar surface area (TPSA) is 58.6 Å². The highest BCUT2D eigenvalue weighted by Crippen LogP contribution is 2.18. The smallest absolute Gasteiger partial charge is 0.407 e. The second-order valence-electron chi connectivity index (χ2n) is 3.92. The zero-order chi connectivity index (χ0) is 13.4. The summed E-state index contributed by atoms with van der Waals surface area (Å²) >= 11 is 3.35. The molecular weight excluding hydrogens is 298 g/mol. The van der Waals surface area contributed by atoms with Crippen LogP contribution in [0.2, 0.25) is 0 Å². The SMILES string of the molecule is CCCCOC(=O)NC(CO)c1cccc(Br)c1. The van der Waals surface area contributed by atoms with Crippen LogP contribution in [0.15, 0.2) is 28.7 Å². The van der Waals surface area contributed by atoms with Gasteiger partial charge in [0.2, 0.25) is 0 Å². The molecule has 0 aliphatic heterocycles. The number of alkyl carbamates (subject to hydrolysis) is 1. The average Bonchev–Trinajstić information content (AvgIpc) is 2.36. The van der Waals surface area contributed by atoms with Gasteiger partial charge in [-0.15, -0.1) is 0 Å². The summed E-state index contributed by atoms with van der Waals surface area (Å²) in [6, 6.07) is 6.99. The van der Waals surface area contributed by atoms with Crippen molar-refractivity contribution < 1.29 is 14.6 Å². The Kier molecular flexibility index (Phi) is 6.75. The number of nitrogens with one attached hydrogen (secondary N) is 1. The van der Waals surface area contributed by atoms with Gasteiger partial charge in [-0.2, -0.15) is 0 Å². The van der Waals surface area contributed by atoms with Gasteiger partial charge in [-0.25, -0.2) is 4.79 Å². The minimum atomic E-state index is -0.498. The molecule has 0 fully saturated rings. The maximum absolute atomic E-state index is 11.5. The molecule has 0 spiro atoms. The van der Waals surface area contributed by atoms with E-state index in [2.05, 4.69) is 21.2 Å². The zero-order valence-corrected chi connectivity index (χ0v) is 11.9. The van der Waals surface area contributed by atoms with Gasteiger partial charge >= 0.3 is 6.09 Å². The van der Waals surface area contributed by atoms with E-state index in [9.17, 15) is 9.90 Å².